The van der Waals surface area contributed by atoms with Crippen LogP contribution in [-0.4, -0.2) is 62.3 Å². The molecule has 0 saturated carbocycles. The molecule has 5 aromatic rings. The smallest absolute Gasteiger partial charge is 0.228 e. The van der Waals surface area contributed by atoms with Crippen LogP contribution in [0.25, 0.3) is 22.0 Å². The highest BCUT2D eigenvalue weighted by atomic mass is 16.5. The van der Waals surface area contributed by atoms with E-state index in [1.54, 1.807) is 18.5 Å². The number of pyridine rings is 1. The van der Waals surface area contributed by atoms with E-state index in [9.17, 15) is 0 Å². The zero-order valence-corrected chi connectivity index (χ0v) is 21.4. The van der Waals surface area contributed by atoms with Gasteiger partial charge in [0.25, 0.3) is 0 Å². The summed E-state index contributed by atoms with van der Waals surface area (Å²) in [5, 5.41) is 14.9. The minimum atomic E-state index is 0.196. The van der Waals surface area contributed by atoms with Gasteiger partial charge in [0.15, 0.2) is 11.6 Å². The lowest BCUT2D eigenvalue weighted by atomic mass is 10.1. The molecule has 3 N–H and O–H groups in total. The molecule has 2 aliphatic rings. The molecule has 0 unspecified atom stereocenters. The number of fused-ring (bicyclic) bond motifs is 3. The summed E-state index contributed by atoms with van der Waals surface area (Å²) in [6, 6.07) is 22.6. The Hall–Kier alpha value is -4.83. The van der Waals surface area contributed by atoms with Crippen LogP contribution in [0.5, 0.6) is 11.6 Å². The minimum Gasteiger partial charge on any atom is -0.438 e. The van der Waals surface area contributed by atoms with Gasteiger partial charge in [-0.15, -0.1) is 10.2 Å². The van der Waals surface area contributed by atoms with Crippen molar-refractivity contribution in [1.82, 2.24) is 30.0 Å². The van der Waals surface area contributed by atoms with Gasteiger partial charge in [-0.2, -0.15) is 0 Å². The van der Waals surface area contributed by atoms with Crippen LogP contribution < -0.4 is 20.7 Å². The van der Waals surface area contributed by atoms with E-state index in [0.717, 1.165) is 46.7 Å². The van der Waals surface area contributed by atoms with E-state index in [-0.39, 0.29) is 5.95 Å². The molecule has 2 saturated heterocycles. The van der Waals surface area contributed by atoms with Crippen LogP contribution in [0.1, 0.15) is 6.42 Å². The van der Waals surface area contributed by atoms with Crippen molar-refractivity contribution in [2.45, 2.75) is 18.5 Å². The van der Waals surface area contributed by atoms with E-state index in [2.05, 4.69) is 65.5 Å². The molecule has 3 aromatic heterocycles. The maximum absolute atomic E-state index is 6.11. The van der Waals surface area contributed by atoms with Crippen LogP contribution in [-0.2, 0) is 0 Å². The topological polar surface area (TPSA) is 118 Å². The maximum atomic E-state index is 6.11. The number of likely N-dealkylation sites (tertiary alicyclic amines) is 1. The summed E-state index contributed by atoms with van der Waals surface area (Å²) in [7, 11) is 2.21. The second-order valence-electron chi connectivity index (χ2n) is 9.96. The van der Waals surface area contributed by atoms with Crippen molar-refractivity contribution >= 4 is 34.0 Å². The molecule has 194 valence electrons. The van der Waals surface area contributed by atoms with Gasteiger partial charge in [0.2, 0.25) is 11.8 Å². The highest BCUT2D eigenvalue weighted by Gasteiger charge is 2.42. The van der Waals surface area contributed by atoms with Crippen molar-refractivity contribution in [3.05, 3.63) is 79.1 Å². The molecular weight excluding hydrogens is 490 g/mol. The fraction of sp³-hybridized carbons (Fsp3) is 0.207. The Morgan fingerprint density at radius 1 is 0.872 bits per heavy atom. The number of hydrogen-bond acceptors (Lipinski definition) is 10. The molecule has 0 amide bonds. The molecule has 7 rings (SSSR count). The lowest BCUT2D eigenvalue weighted by Crippen LogP contribution is -2.45. The predicted molar refractivity (Wildman–Crippen MR) is 151 cm³/mol. The molecule has 2 fully saturated rings. The highest BCUT2D eigenvalue weighted by Crippen LogP contribution is 2.38. The second-order valence-corrected chi connectivity index (χ2v) is 9.96. The zero-order valence-electron chi connectivity index (χ0n) is 21.4. The van der Waals surface area contributed by atoms with Crippen LogP contribution in [0, 0.1) is 0 Å². The molecule has 2 bridgehead atoms. The van der Waals surface area contributed by atoms with Crippen molar-refractivity contribution < 1.29 is 4.74 Å². The predicted octanol–water partition coefficient (Wildman–Crippen LogP) is 4.49. The fourth-order valence-electron chi connectivity index (χ4n) is 5.57. The third-order valence-corrected chi connectivity index (χ3v) is 7.51. The molecule has 5 heterocycles. The molecule has 2 aromatic carbocycles. The van der Waals surface area contributed by atoms with Gasteiger partial charge in [-0.1, -0.05) is 24.3 Å². The summed E-state index contributed by atoms with van der Waals surface area (Å²) >= 11 is 0. The summed E-state index contributed by atoms with van der Waals surface area (Å²) in [6.45, 7) is 2.07. The summed E-state index contributed by atoms with van der Waals surface area (Å²) in [6.07, 6.45) is 4.48. The quantitative estimate of drug-likeness (QED) is 0.333. The van der Waals surface area contributed by atoms with Crippen molar-refractivity contribution in [1.29, 1.82) is 0 Å². The lowest BCUT2D eigenvalue weighted by Gasteiger charge is -2.33. The highest BCUT2D eigenvalue weighted by molar-refractivity contribution is 5.99. The van der Waals surface area contributed by atoms with Gasteiger partial charge in [-0.25, -0.2) is 15.0 Å². The maximum Gasteiger partial charge on any atom is 0.228 e. The second kappa shape index (κ2) is 9.48. The van der Waals surface area contributed by atoms with Gasteiger partial charge in [0.05, 0.1) is 11.3 Å². The Balaban J connectivity index is 1.12. The molecule has 0 spiro atoms. The number of nitrogens with one attached hydrogen (secondary N) is 1. The van der Waals surface area contributed by atoms with Gasteiger partial charge in [0, 0.05) is 54.0 Å². The Labute approximate surface area is 225 Å². The van der Waals surface area contributed by atoms with Crippen LogP contribution >= 0.6 is 0 Å². The molecular formula is C29H27N9O. The van der Waals surface area contributed by atoms with E-state index < -0.39 is 0 Å². The standard InChI is InChI=1S/C29H27N9O/c1-37-16-20-15-19(37)17-38(20)27-23-6-3-2-5-22(23)26(35-36-27)33-18-8-10-21(11-9-18)39-28-24(7-4-13-31-28)25-12-14-32-29(30)34-25/h2-14,19-20H,15-17H2,1H3,(H,33,35)(H2,30,32,34)/t19-,20-/m0/s1. The lowest BCUT2D eigenvalue weighted by molar-refractivity contribution is 0.292. The van der Waals surface area contributed by atoms with Crippen molar-refractivity contribution in [2.24, 2.45) is 0 Å². The number of benzene rings is 2. The van der Waals surface area contributed by atoms with E-state index in [1.807, 2.05) is 42.5 Å². The molecule has 39 heavy (non-hydrogen) atoms. The molecule has 0 radical (unpaired) electrons. The number of ether oxygens (including phenoxy) is 1. The molecule has 10 heteroatoms. The van der Waals surface area contributed by atoms with Gasteiger partial charge >= 0.3 is 0 Å². The number of likely N-dealkylation sites (N-methyl/N-ethyl adjacent to an activating group) is 1. The molecule has 0 aliphatic carbocycles. The monoisotopic (exact) mass is 517 g/mol. The number of nitrogens with two attached hydrogens (primary N) is 1. The first-order valence-electron chi connectivity index (χ1n) is 12.9. The summed E-state index contributed by atoms with van der Waals surface area (Å²) in [5.41, 5.74) is 8.02. The number of nitrogens with zero attached hydrogens (tertiary/aromatic N) is 7. The van der Waals surface area contributed by atoms with Gasteiger partial charge in [-0.3, -0.25) is 4.90 Å². The first-order valence-corrected chi connectivity index (χ1v) is 12.9. The molecule has 2 atom stereocenters. The largest absolute Gasteiger partial charge is 0.438 e. The first-order chi connectivity index (χ1) is 19.1. The Morgan fingerprint density at radius 2 is 1.72 bits per heavy atom. The molecule has 10 nitrogen and oxygen atoms in total. The fourth-order valence-corrected chi connectivity index (χ4v) is 5.57. The first kappa shape index (κ1) is 23.3. The van der Waals surface area contributed by atoms with E-state index in [4.69, 9.17) is 10.5 Å². The molecule has 2 aliphatic heterocycles. The van der Waals surface area contributed by atoms with Gasteiger partial charge in [-0.05, 0) is 55.9 Å². The Kier molecular flexibility index (Phi) is 5.66. The van der Waals surface area contributed by atoms with Crippen molar-refractivity contribution in [2.75, 3.05) is 36.1 Å². The summed E-state index contributed by atoms with van der Waals surface area (Å²) in [5.74, 6) is 2.96. The normalized spacial score (nSPS) is 18.5. The summed E-state index contributed by atoms with van der Waals surface area (Å²) < 4.78 is 6.11. The van der Waals surface area contributed by atoms with Crippen LogP contribution in [0.3, 0.4) is 0 Å². The summed E-state index contributed by atoms with van der Waals surface area (Å²) in [4.78, 5) is 17.5. The number of piperazine rings is 1. The van der Waals surface area contributed by atoms with Crippen LogP contribution in [0.15, 0.2) is 79.1 Å². The Morgan fingerprint density at radius 3 is 2.49 bits per heavy atom. The number of rotatable bonds is 6. The zero-order chi connectivity index (χ0) is 26.3. The van der Waals surface area contributed by atoms with Gasteiger partial charge < -0.3 is 20.7 Å². The SMILES string of the molecule is CN1C[C@@H]2C[C@H]1CN2c1nnc(Nc2ccc(Oc3ncccc3-c3ccnc(N)n3)cc2)c2ccccc12. The van der Waals surface area contributed by atoms with Crippen LogP contribution in [0.2, 0.25) is 0 Å². The van der Waals surface area contributed by atoms with Crippen molar-refractivity contribution in [3.8, 4) is 22.9 Å². The number of anilines is 4. The third-order valence-electron chi connectivity index (χ3n) is 7.51. The average Bonchev–Trinajstić information content (AvgIpc) is 3.54. The van der Waals surface area contributed by atoms with Crippen molar-refractivity contribution in [3.63, 3.8) is 0 Å². The third kappa shape index (κ3) is 4.34. The number of hydrogen-bond donors (Lipinski definition) is 2. The van der Waals surface area contributed by atoms with Gasteiger partial charge in [0.1, 0.15) is 5.75 Å². The van der Waals surface area contributed by atoms with Crippen LogP contribution in [0.4, 0.5) is 23.3 Å². The minimum absolute atomic E-state index is 0.196. The van der Waals surface area contributed by atoms with E-state index >= 15 is 0 Å². The number of aromatic nitrogens is 5. The number of nitrogen functional groups attached to an aromatic ring is 1. The van der Waals surface area contributed by atoms with E-state index in [0.29, 0.717) is 29.4 Å². The Bertz CT molecular complexity index is 1660. The average molecular weight is 518 g/mol. The van der Waals surface area contributed by atoms with E-state index in [1.165, 1.54) is 6.42 Å².